The van der Waals surface area contributed by atoms with Crippen LogP contribution in [0.15, 0.2) is 18.2 Å². The van der Waals surface area contributed by atoms with Crippen LogP contribution in [0.1, 0.15) is 13.8 Å². The Balaban J connectivity index is 3.16. The SMILES string of the molecule is CCN(c1ccc(OC)cc1OC)[C@@H](C)C(=O)O. The van der Waals surface area contributed by atoms with Gasteiger partial charge in [0.05, 0.1) is 19.9 Å². The normalized spacial score (nSPS) is 11.8. The molecule has 0 heterocycles. The summed E-state index contributed by atoms with van der Waals surface area (Å²) in [4.78, 5) is 12.9. The van der Waals surface area contributed by atoms with Crippen LogP contribution in [-0.2, 0) is 4.79 Å². The highest BCUT2D eigenvalue weighted by atomic mass is 16.5. The summed E-state index contributed by atoms with van der Waals surface area (Å²) < 4.78 is 10.4. The lowest BCUT2D eigenvalue weighted by Gasteiger charge is -2.28. The van der Waals surface area contributed by atoms with Crippen LogP contribution in [0.5, 0.6) is 11.5 Å². The van der Waals surface area contributed by atoms with Crippen LogP contribution in [0.4, 0.5) is 5.69 Å². The van der Waals surface area contributed by atoms with Crippen molar-refractivity contribution in [1.29, 1.82) is 0 Å². The minimum atomic E-state index is -0.866. The lowest BCUT2D eigenvalue weighted by molar-refractivity contribution is -0.138. The Morgan fingerprint density at radius 3 is 2.50 bits per heavy atom. The van der Waals surface area contributed by atoms with E-state index in [2.05, 4.69) is 0 Å². The number of likely N-dealkylation sites (N-methyl/N-ethyl adjacent to an activating group) is 1. The van der Waals surface area contributed by atoms with Crippen LogP contribution in [-0.4, -0.2) is 37.9 Å². The highest BCUT2D eigenvalue weighted by molar-refractivity contribution is 5.79. The third-order valence-electron chi connectivity index (χ3n) is 2.86. The Hall–Kier alpha value is -1.91. The lowest BCUT2D eigenvalue weighted by atomic mass is 10.2. The lowest BCUT2D eigenvalue weighted by Crippen LogP contribution is -2.39. The molecular weight excluding hydrogens is 234 g/mol. The first-order valence-corrected chi connectivity index (χ1v) is 5.76. The Labute approximate surface area is 107 Å². The molecule has 5 nitrogen and oxygen atoms in total. The van der Waals surface area contributed by atoms with Crippen LogP contribution in [0.3, 0.4) is 0 Å². The molecule has 0 aliphatic rings. The maximum absolute atomic E-state index is 11.1. The molecule has 1 atom stereocenters. The van der Waals surface area contributed by atoms with Gasteiger partial charge in [-0.05, 0) is 26.0 Å². The highest BCUT2D eigenvalue weighted by Gasteiger charge is 2.22. The van der Waals surface area contributed by atoms with Crippen molar-refractivity contribution in [2.45, 2.75) is 19.9 Å². The number of carboxylic acid groups (broad SMARTS) is 1. The first-order chi connectivity index (χ1) is 8.54. The number of carboxylic acids is 1. The summed E-state index contributed by atoms with van der Waals surface area (Å²) in [6.45, 7) is 4.13. The number of aliphatic carboxylic acids is 1. The van der Waals surface area contributed by atoms with E-state index >= 15 is 0 Å². The molecule has 0 saturated heterocycles. The fourth-order valence-electron chi connectivity index (χ4n) is 1.81. The Morgan fingerprint density at radius 1 is 1.39 bits per heavy atom. The topological polar surface area (TPSA) is 59.0 Å². The summed E-state index contributed by atoms with van der Waals surface area (Å²) in [7, 11) is 3.13. The van der Waals surface area contributed by atoms with Crippen LogP contribution >= 0.6 is 0 Å². The quantitative estimate of drug-likeness (QED) is 0.840. The molecule has 0 amide bonds. The molecule has 100 valence electrons. The molecule has 0 radical (unpaired) electrons. The smallest absolute Gasteiger partial charge is 0.326 e. The summed E-state index contributed by atoms with van der Waals surface area (Å²) in [5, 5.41) is 9.10. The number of methoxy groups -OCH3 is 2. The fourth-order valence-corrected chi connectivity index (χ4v) is 1.81. The molecule has 1 aromatic rings. The van der Waals surface area contributed by atoms with Crippen LogP contribution in [0.25, 0.3) is 0 Å². The zero-order valence-corrected chi connectivity index (χ0v) is 11.1. The van der Waals surface area contributed by atoms with E-state index in [1.54, 1.807) is 44.2 Å². The van der Waals surface area contributed by atoms with Gasteiger partial charge in [-0.2, -0.15) is 0 Å². The number of hydrogen-bond donors (Lipinski definition) is 1. The van der Waals surface area contributed by atoms with Crippen molar-refractivity contribution >= 4 is 11.7 Å². The molecule has 0 aliphatic carbocycles. The molecule has 1 N–H and O–H groups in total. The number of benzene rings is 1. The van der Waals surface area contributed by atoms with E-state index in [9.17, 15) is 4.79 Å². The minimum Gasteiger partial charge on any atom is -0.497 e. The van der Waals surface area contributed by atoms with Crippen LogP contribution < -0.4 is 14.4 Å². The number of nitrogens with zero attached hydrogens (tertiary/aromatic N) is 1. The summed E-state index contributed by atoms with van der Waals surface area (Å²) in [5.74, 6) is 0.411. The van der Waals surface area contributed by atoms with E-state index in [1.165, 1.54) is 0 Å². The monoisotopic (exact) mass is 253 g/mol. The summed E-state index contributed by atoms with van der Waals surface area (Å²) in [6, 6.07) is 4.72. The number of carbonyl (C=O) groups is 1. The van der Waals surface area contributed by atoms with Gasteiger partial charge in [-0.15, -0.1) is 0 Å². The van der Waals surface area contributed by atoms with Crippen molar-refractivity contribution in [3.8, 4) is 11.5 Å². The Bertz CT molecular complexity index is 419. The molecule has 0 aliphatic heterocycles. The maximum Gasteiger partial charge on any atom is 0.326 e. The molecule has 0 bridgehead atoms. The molecule has 18 heavy (non-hydrogen) atoms. The second kappa shape index (κ2) is 6.14. The predicted molar refractivity (Wildman–Crippen MR) is 69.7 cm³/mol. The Kier molecular flexibility index (Phi) is 4.83. The average molecular weight is 253 g/mol. The largest absolute Gasteiger partial charge is 0.497 e. The van der Waals surface area contributed by atoms with E-state index in [1.807, 2.05) is 6.92 Å². The van der Waals surface area contributed by atoms with Crippen molar-refractivity contribution in [1.82, 2.24) is 0 Å². The molecular formula is C13H19NO4. The van der Waals surface area contributed by atoms with Gasteiger partial charge in [-0.1, -0.05) is 0 Å². The van der Waals surface area contributed by atoms with Crippen molar-refractivity contribution in [3.05, 3.63) is 18.2 Å². The van der Waals surface area contributed by atoms with E-state index in [-0.39, 0.29) is 0 Å². The number of rotatable bonds is 6. The van der Waals surface area contributed by atoms with Gasteiger partial charge < -0.3 is 19.5 Å². The van der Waals surface area contributed by atoms with Crippen molar-refractivity contribution in [2.24, 2.45) is 0 Å². The van der Waals surface area contributed by atoms with E-state index in [0.717, 1.165) is 5.69 Å². The van der Waals surface area contributed by atoms with Gasteiger partial charge in [0, 0.05) is 12.6 Å². The zero-order valence-electron chi connectivity index (χ0n) is 11.1. The summed E-state index contributed by atoms with van der Waals surface area (Å²) in [5.41, 5.74) is 0.746. The predicted octanol–water partition coefficient (Wildman–Crippen LogP) is 2.00. The zero-order chi connectivity index (χ0) is 13.7. The second-order valence-corrected chi connectivity index (χ2v) is 3.84. The number of ether oxygens (including phenoxy) is 2. The third-order valence-corrected chi connectivity index (χ3v) is 2.86. The summed E-state index contributed by atoms with van der Waals surface area (Å²) in [6.07, 6.45) is 0. The van der Waals surface area contributed by atoms with Gasteiger partial charge in [-0.3, -0.25) is 0 Å². The molecule has 0 saturated carbocycles. The van der Waals surface area contributed by atoms with Gasteiger partial charge in [0.2, 0.25) is 0 Å². The fraction of sp³-hybridized carbons (Fsp3) is 0.462. The van der Waals surface area contributed by atoms with Gasteiger partial charge in [0.15, 0.2) is 0 Å². The van der Waals surface area contributed by atoms with Gasteiger partial charge in [-0.25, -0.2) is 4.79 Å². The van der Waals surface area contributed by atoms with Gasteiger partial charge >= 0.3 is 5.97 Å². The Morgan fingerprint density at radius 2 is 2.06 bits per heavy atom. The molecule has 0 unspecified atom stereocenters. The number of anilines is 1. The molecule has 0 aromatic heterocycles. The number of hydrogen-bond acceptors (Lipinski definition) is 4. The first kappa shape index (κ1) is 14.2. The molecule has 0 spiro atoms. The molecule has 1 rings (SSSR count). The van der Waals surface area contributed by atoms with Crippen LogP contribution in [0.2, 0.25) is 0 Å². The van der Waals surface area contributed by atoms with Crippen molar-refractivity contribution < 1.29 is 19.4 Å². The standard InChI is InChI=1S/C13H19NO4/c1-5-14(9(2)13(15)16)11-7-6-10(17-3)8-12(11)18-4/h6-9H,5H2,1-4H3,(H,15,16)/t9-/m0/s1. The van der Waals surface area contributed by atoms with Crippen LogP contribution in [0, 0.1) is 0 Å². The third kappa shape index (κ3) is 2.85. The molecule has 0 fully saturated rings. The second-order valence-electron chi connectivity index (χ2n) is 3.84. The van der Waals surface area contributed by atoms with E-state index < -0.39 is 12.0 Å². The molecule has 5 heteroatoms. The minimum absolute atomic E-state index is 0.580. The maximum atomic E-state index is 11.1. The van der Waals surface area contributed by atoms with Gasteiger partial charge in [0.1, 0.15) is 17.5 Å². The average Bonchev–Trinajstić information content (AvgIpc) is 2.39. The molecule has 1 aromatic carbocycles. The highest BCUT2D eigenvalue weighted by Crippen LogP contribution is 2.33. The first-order valence-electron chi connectivity index (χ1n) is 5.76. The van der Waals surface area contributed by atoms with Crippen molar-refractivity contribution in [3.63, 3.8) is 0 Å². The van der Waals surface area contributed by atoms with Crippen molar-refractivity contribution in [2.75, 3.05) is 25.7 Å². The summed E-state index contributed by atoms with van der Waals surface area (Å²) >= 11 is 0. The van der Waals surface area contributed by atoms with E-state index in [4.69, 9.17) is 14.6 Å². The van der Waals surface area contributed by atoms with Gasteiger partial charge in [0.25, 0.3) is 0 Å². The van der Waals surface area contributed by atoms with E-state index in [0.29, 0.717) is 18.0 Å².